The van der Waals surface area contributed by atoms with Crippen molar-refractivity contribution < 1.29 is 4.79 Å². The van der Waals surface area contributed by atoms with Crippen LogP contribution in [-0.4, -0.2) is 17.9 Å². The monoisotopic (exact) mass is 351 g/mol. The van der Waals surface area contributed by atoms with Crippen LogP contribution < -0.4 is 0 Å². The standard InChI is InChI=1S/C16H15BrClNO/c1-11-4-3-5-12(8-11)10-19(2)16(20)13-6-7-14(17)15(18)9-13/h3-9H,10H2,1-2H3. The normalized spacial score (nSPS) is 10.4. The number of hydrogen-bond donors (Lipinski definition) is 0. The van der Waals surface area contributed by atoms with Crippen molar-refractivity contribution in [1.82, 2.24) is 4.90 Å². The van der Waals surface area contributed by atoms with Crippen molar-refractivity contribution in [2.45, 2.75) is 13.5 Å². The van der Waals surface area contributed by atoms with Crippen LogP contribution in [0.5, 0.6) is 0 Å². The van der Waals surface area contributed by atoms with Crippen LogP contribution in [0.4, 0.5) is 0 Å². The van der Waals surface area contributed by atoms with Gasteiger partial charge in [0, 0.05) is 23.6 Å². The molecule has 2 aromatic rings. The molecule has 0 heterocycles. The largest absolute Gasteiger partial charge is 0.337 e. The summed E-state index contributed by atoms with van der Waals surface area (Å²) in [7, 11) is 1.79. The summed E-state index contributed by atoms with van der Waals surface area (Å²) in [5, 5.41) is 0.541. The Kier molecular flexibility index (Phi) is 4.84. The Morgan fingerprint density at radius 1 is 1.25 bits per heavy atom. The quantitative estimate of drug-likeness (QED) is 0.785. The fourth-order valence-corrected chi connectivity index (χ4v) is 2.43. The van der Waals surface area contributed by atoms with Crippen LogP contribution in [0.15, 0.2) is 46.9 Å². The first-order chi connectivity index (χ1) is 9.47. The summed E-state index contributed by atoms with van der Waals surface area (Å²) < 4.78 is 0.789. The third-order valence-electron chi connectivity index (χ3n) is 3.02. The van der Waals surface area contributed by atoms with Gasteiger partial charge in [0.2, 0.25) is 0 Å². The van der Waals surface area contributed by atoms with Gasteiger partial charge in [-0.05, 0) is 46.6 Å². The van der Waals surface area contributed by atoms with E-state index in [9.17, 15) is 4.79 Å². The Labute approximate surface area is 132 Å². The van der Waals surface area contributed by atoms with Gasteiger partial charge in [0.1, 0.15) is 0 Å². The molecule has 104 valence electrons. The lowest BCUT2D eigenvalue weighted by molar-refractivity contribution is 0.0785. The third-order valence-corrected chi connectivity index (χ3v) is 4.25. The predicted octanol–water partition coefficient (Wildman–Crippen LogP) is 4.68. The minimum atomic E-state index is -0.0408. The molecule has 0 saturated carbocycles. The van der Waals surface area contributed by atoms with Crippen molar-refractivity contribution in [2.24, 2.45) is 0 Å². The van der Waals surface area contributed by atoms with Crippen molar-refractivity contribution in [1.29, 1.82) is 0 Å². The molecule has 2 rings (SSSR count). The zero-order valence-electron chi connectivity index (χ0n) is 11.4. The van der Waals surface area contributed by atoms with Crippen molar-refractivity contribution in [3.8, 4) is 0 Å². The lowest BCUT2D eigenvalue weighted by atomic mass is 10.1. The Hall–Kier alpha value is -1.32. The van der Waals surface area contributed by atoms with E-state index in [-0.39, 0.29) is 5.91 Å². The van der Waals surface area contributed by atoms with E-state index in [0.717, 1.165) is 10.0 Å². The van der Waals surface area contributed by atoms with Gasteiger partial charge >= 0.3 is 0 Å². The van der Waals surface area contributed by atoms with Crippen LogP contribution in [0.2, 0.25) is 5.02 Å². The van der Waals surface area contributed by atoms with Crippen LogP contribution in [0, 0.1) is 6.92 Å². The molecule has 0 N–H and O–H groups in total. The topological polar surface area (TPSA) is 20.3 Å². The van der Waals surface area contributed by atoms with E-state index < -0.39 is 0 Å². The Bertz CT molecular complexity index is 642. The van der Waals surface area contributed by atoms with Gasteiger partial charge in [0.05, 0.1) is 5.02 Å². The fourth-order valence-electron chi connectivity index (χ4n) is 2.01. The molecule has 0 aliphatic rings. The molecule has 0 fully saturated rings. The van der Waals surface area contributed by atoms with E-state index in [1.54, 1.807) is 30.1 Å². The summed E-state index contributed by atoms with van der Waals surface area (Å²) in [6.07, 6.45) is 0. The first-order valence-electron chi connectivity index (χ1n) is 6.23. The number of halogens is 2. The number of aryl methyl sites for hydroxylation is 1. The molecule has 0 aliphatic carbocycles. The van der Waals surface area contributed by atoms with Gasteiger partial charge in [0.15, 0.2) is 0 Å². The molecule has 4 heteroatoms. The van der Waals surface area contributed by atoms with Crippen LogP contribution in [0.3, 0.4) is 0 Å². The maximum atomic E-state index is 12.3. The highest BCUT2D eigenvalue weighted by molar-refractivity contribution is 9.10. The van der Waals surface area contributed by atoms with Gasteiger partial charge < -0.3 is 4.90 Å². The zero-order valence-corrected chi connectivity index (χ0v) is 13.7. The molecule has 0 aliphatic heterocycles. The second kappa shape index (κ2) is 6.42. The molecule has 0 bridgehead atoms. The molecule has 0 spiro atoms. The lowest BCUT2D eigenvalue weighted by Crippen LogP contribution is -2.26. The molecular formula is C16H15BrClNO. The summed E-state index contributed by atoms with van der Waals surface area (Å²) in [5.74, 6) is -0.0408. The predicted molar refractivity (Wildman–Crippen MR) is 86.1 cm³/mol. The Morgan fingerprint density at radius 3 is 2.65 bits per heavy atom. The molecular weight excluding hydrogens is 338 g/mol. The average Bonchev–Trinajstić information content (AvgIpc) is 2.41. The highest BCUT2D eigenvalue weighted by Gasteiger charge is 2.13. The van der Waals surface area contributed by atoms with E-state index in [1.165, 1.54) is 5.56 Å². The van der Waals surface area contributed by atoms with Gasteiger partial charge in [-0.15, -0.1) is 0 Å². The Balaban J connectivity index is 2.14. The molecule has 0 atom stereocenters. The Morgan fingerprint density at radius 2 is 2.00 bits per heavy atom. The maximum absolute atomic E-state index is 12.3. The average molecular weight is 353 g/mol. The van der Waals surface area contributed by atoms with Crippen LogP contribution >= 0.6 is 27.5 Å². The number of amides is 1. The second-order valence-corrected chi connectivity index (χ2v) is 6.04. The minimum Gasteiger partial charge on any atom is -0.337 e. The number of rotatable bonds is 3. The molecule has 0 radical (unpaired) electrons. The maximum Gasteiger partial charge on any atom is 0.253 e. The van der Waals surface area contributed by atoms with Gasteiger partial charge in [-0.3, -0.25) is 4.79 Å². The number of carbonyl (C=O) groups excluding carboxylic acids is 1. The van der Waals surface area contributed by atoms with Crippen molar-refractivity contribution in [3.05, 3.63) is 68.7 Å². The molecule has 0 saturated heterocycles. The van der Waals surface area contributed by atoms with Crippen LogP contribution in [0.25, 0.3) is 0 Å². The van der Waals surface area contributed by atoms with Crippen molar-refractivity contribution in [3.63, 3.8) is 0 Å². The second-order valence-electron chi connectivity index (χ2n) is 4.78. The number of benzene rings is 2. The SMILES string of the molecule is Cc1cccc(CN(C)C(=O)c2ccc(Br)c(Cl)c2)c1. The lowest BCUT2D eigenvalue weighted by Gasteiger charge is -2.18. The number of carbonyl (C=O) groups is 1. The highest BCUT2D eigenvalue weighted by atomic mass is 79.9. The van der Waals surface area contributed by atoms with Gasteiger partial charge in [-0.2, -0.15) is 0 Å². The van der Waals surface area contributed by atoms with Crippen molar-refractivity contribution in [2.75, 3.05) is 7.05 Å². The van der Waals surface area contributed by atoms with Gasteiger partial charge in [0.25, 0.3) is 5.91 Å². The fraction of sp³-hybridized carbons (Fsp3) is 0.188. The summed E-state index contributed by atoms with van der Waals surface area (Å²) in [6.45, 7) is 2.62. The van der Waals surface area contributed by atoms with E-state index in [4.69, 9.17) is 11.6 Å². The first kappa shape index (κ1) is 15.1. The summed E-state index contributed by atoms with van der Waals surface area (Å²) in [6, 6.07) is 13.4. The van der Waals surface area contributed by atoms with Crippen LogP contribution in [-0.2, 0) is 6.54 Å². The minimum absolute atomic E-state index is 0.0408. The molecule has 2 aromatic carbocycles. The third kappa shape index (κ3) is 3.62. The van der Waals surface area contributed by atoms with E-state index in [0.29, 0.717) is 17.1 Å². The first-order valence-corrected chi connectivity index (χ1v) is 7.40. The number of nitrogens with zero attached hydrogens (tertiary/aromatic N) is 1. The summed E-state index contributed by atoms with van der Waals surface area (Å²) in [5.41, 5.74) is 2.90. The molecule has 0 aromatic heterocycles. The molecule has 1 amide bonds. The number of hydrogen-bond acceptors (Lipinski definition) is 1. The van der Waals surface area contributed by atoms with E-state index in [1.807, 2.05) is 25.1 Å². The van der Waals surface area contributed by atoms with Gasteiger partial charge in [-0.25, -0.2) is 0 Å². The summed E-state index contributed by atoms with van der Waals surface area (Å²) >= 11 is 9.35. The van der Waals surface area contributed by atoms with Gasteiger partial charge in [-0.1, -0.05) is 41.4 Å². The molecule has 2 nitrogen and oxygen atoms in total. The highest BCUT2D eigenvalue weighted by Crippen LogP contribution is 2.24. The molecule has 20 heavy (non-hydrogen) atoms. The zero-order chi connectivity index (χ0) is 14.7. The van der Waals surface area contributed by atoms with Crippen LogP contribution in [0.1, 0.15) is 21.5 Å². The van der Waals surface area contributed by atoms with E-state index in [2.05, 4.69) is 22.0 Å². The molecule has 0 unspecified atom stereocenters. The summed E-state index contributed by atoms with van der Waals surface area (Å²) in [4.78, 5) is 14.0. The van der Waals surface area contributed by atoms with E-state index >= 15 is 0 Å². The van der Waals surface area contributed by atoms with Crippen molar-refractivity contribution >= 4 is 33.4 Å². The smallest absolute Gasteiger partial charge is 0.253 e.